The third-order valence-electron chi connectivity index (χ3n) is 2.18. The quantitative estimate of drug-likeness (QED) is 0.577. The van der Waals surface area contributed by atoms with Gasteiger partial charge in [0.25, 0.3) is 0 Å². The highest BCUT2D eigenvalue weighted by atomic mass is 16.5. The molecule has 0 bridgehead atoms. The predicted octanol–water partition coefficient (Wildman–Crippen LogP) is -0.337. The maximum absolute atomic E-state index is 8.67. The third kappa shape index (κ3) is 5.99. The summed E-state index contributed by atoms with van der Waals surface area (Å²) < 4.78 is 5.03. The molecule has 0 heterocycles. The van der Waals surface area contributed by atoms with Gasteiger partial charge in [-0.3, -0.25) is 4.90 Å². The highest BCUT2D eigenvalue weighted by molar-refractivity contribution is 4.69. The Bertz CT molecular complexity index is 122. The number of ether oxygens (including phenoxy) is 1. The number of methoxy groups -OCH3 is 1. The molecule has 0 fully saturated rings. The lowest BCUT2D eigenvalue weighted by Crippen LogP contribution is -2.41. The number of aliphatic hydroxyl groups is 1. The molecule has 0 spiro atoms. The molecule has 3 N–H and O–H groups in total. The molecule has 13 heavy (non-hydrogen) atoms. The van der Waals surface area contributed by atoms with Crippen LogP contribution in [0.1, 0.15) is 13.3 Å². The van der Waals surface area contributed by atoms with E-state index in [2.05, 4.69) is 11.8 Å². The maximum atomic E-state index is 8.67. The fraction of sp³-hybridized carbons (Fsp3) is 1.00. The van der Waals surface area contributed by atoms with Crippen molar-refractivity contribution in [2.24, 2.45) is 5.73 Å². The maximum Gasteiger partial charge on any atom is 0.0615 e. The first-order chi connectivity index (χ1) is 6.11. The molecule has 0 saturated carbocycles. The Labute approximate surface area is 80.7 Å². The average molecular weight is 190 g/mol. The summed E-state index contributed by atoms with van der Waals surface area (Å²) in [4.78, 5) is 2.14. The lowest BCUT2D eigenvalue weighted by molar-refractivity contribution is 0.110. The Morgan fingerprint density at radius 2 is 2.15 bits per heavy atom. The van der Waals surface area contributed by atoms with Crippen molar-refractivity contribution in [3.63, 3.8) is 0 Å². The minimum Gasteiger partial charge on any atom is -0.396 e. The first-order valence-corrected chi connectivity index (χ1v) is 4.67. The van der Waals surface area contributed by atoms with E-state index in [1.807, 2.05) is 7.05 Å². The van der Waals surface area contributed by atoms with Gasteiger partial charge < -0.3 is 15.6 Å². The Morgan fingerprint density at radius 3 is 2.62 bits per heavy atom. The minimum atomic E-state index is 0.0503. The van der Waals surface area contributed by atoms with Gasteiger partial charge in [-0.2, -0.15) is 0 Å². The van der Waals surface area contributed by atoms with Crippen molar-refractivity contribution in [3.8, 4) is 0 Å². The first kappa shape index (κ1) is 12.8. The van der Waals surface area contributed by atoms with Gasteiger partial charge in [0.2, 0.25) is 0 Å². The van der Waals surface area contributed by atoms with Gasteiger partial charge in [0.05, 0.1) is 6.61 Å². The zero-order chi connectivity index (χ0) is 10.3. The fourth-order valence-corrected chi connectivity index (χ4v) is 1.18. The molecule has 0 aromatic carbocycles. The van der Waals surface area contributed by atoms with Crippen LogP contribution in [-0.4, -0.2) is 56.0 Å². The van der Waals surface area contributed by atoms with E-state index in [1.54, 1.807) is 7.11 Å². The second-order valence-electron chi connectivity index (χ2n) is 3.52. The minimum absolute atomic E-state index is 0.0503. The Kier molecular flexibility index (Phi) is 7.17. The summed E-state index contributed by atoms with van der Waals surface area (Å²) >= 11 is 0. The van der Waals surface area contributed by atoms with Gasteiger partial charge in [-0.25, -0.2) is 0 Å². The summed E-state index contributed by atoms with van der Waals surface area (Å²) in [6.07, 6.45) is 0.657. The van der Waals surface area contributed by atoms with Crippen molar-refractivity contribution >= 4 is 0 Å². The van der Waals surface area contributed by atoms with Crippen LogP contribution in [0.5, 0.6) is 0 Å². The fourth-order valence-electron chi connectivity index (χ4n) is 1.18. The second-order valence-corrected chi connectivity index (χ2v) is 3.52. The summed E-state index contributed by atoms with van der Waals surface area (Å²) in [5.74, 6) is 0. The predicted molar refractivity (Wildman–Crippen MR) is 53.6 cm³/mol. The van der Waals surface area contributed by atoms with Crippen molar-refractivity contribution in [2.75, 3.05) is 33.9 Å². The van der Waals surface area contributed by atoms with Crippen molar-refractivity contribution in [1.82, 2.24) is 4.90 Å². The van der Waals surface area contributed by atoms with Crippen LogP contribution in [0.3, 0.4) is 0 Å². The topological polar surface area (TPSA) is 58.7 Å². The van der Waals surface area contributed by atoms with E-state index < -0.39 is 0 Å². The Morgan fingerprint density at radius 1 is 1.54 bits per heavy atom. The molecule has 2 atom stereocenters. The third-order valence-corrected chi connectivity index (χ3v) is 2.18. The van der Waals surface area contributed by atoms with E-state index in [1.165, 1.54) is 0 Å². The van der Waals surface area contributed by atoms with E-state index in [4.69, 9.17) is 15.6 Å². The summed E-state index contributed by atoms with van der Waals surface area (Å²) in [7, 11) is 3.71. The molecule has 0 aliphatic carbocycles. The first-order valence-electron chi connectivity index (χ1n) is 4.67. The standard InChI is InChI=1S/C9H22N2O2/c1-8(7-13-3)11(2)6-9(10)4-5-12/h8-9,12H,4-7,10H2,1-3H3. The molecule has 4 nitrogen and oxygen atoms in total. The van der Waals surface area contributed by atoms with E-state index in [9.17, 15) is 0 Å². The summed E-state index contributed by atoms with van der Waals surface area (Å²) in [6.45, 7) is 3.76. The molecule has 0 saturated heterocycles. The average Bonchev–Trinajstić information content (AvgIpc) is 2.05. The highest BCUT2D eigenvalue weighted by Gasteiger charge is 2.11. The normalized spacial score (nSPS) is 16.2. The molecular weight excluding hydrogens is 168 g/mol. The van der Waals surface area contributed by atoms with Gasteiger partial charge in [-0.1, -0.05) is 0 Å². The van der Waals surface area contributed by atoms with Gasteiger partial charge in [0.15, 0.2) is 0 Å². The van der Waals surface area contributed by atoms with Crippen molar-refractivity contribution in [2.45, 2.75) is 25.4 Å². The van der Waals surface area contributed by atoms with E-state index in [0.717, 1.165) is 6.54 Å². The monoisotopic (exact) mass is 190 g/mol. The zero-order valence-electron chi connectivity index (χ0n) is 8.86. The molecule has 2 unspecified atom stereocenters. The van der Waals surface area contributed by atoms with Crippen LogP contribution in [0, 0.1) is 0 Å². The smallest absolute Gasteiger partial charge is 0.0615 e. The molecule has 0 rings (SSSR count). The van der Waals surface area contributed by atoms with Gasteiger partial charge in [-0.05, 0) is 20.4 Å². The molecule has 0 radical (unpaired) electrons. The van der Waals surface area contributed by atoms with Crippen LogP contribution >= 0.6 is 0 Å². The lowest BCUT2D eigenvalue weighted by atomic mass is 10.2. The Hall–Kier alpha value is -0.160. The summed E-state index contributed by atoms with van der Waals surface area (Å²) in [5.41, 5.74) is 5.78. The van der Waals surface area contributed by atoms with Gasteiger partial charge in [0.1, 0.15) is 0 Å². The van der Waals surface area contributed by atoms with Crippen LogP contribution in [-0.2, 0) is 4.74 Å². The van der Waals surface area contributed by atoms with Gasteiger partial charge in [-0.15, -0.1) is 0 Å². The summed E-state index contributed by atoms with van der Waals surface area (Å²) in [6, 6.07) is 0.420. The molecule has 0 aromatic rings. The van der Waals surface area contributed by atoms with E-state index in [-0.39, 0.29) is 12.6 Å². The Balaban J connectivity index is 3.64. The van der Waals surface area contributed by atoms with Gasteiger partial charge in [0, 0.05) is 32.3 Å². The van der Waals surface area contributed by atoms with Crippen molar-refractivity contribution in [1.29, 1.82) is 0 Å². The number of hydrogen-bond acceptors (Lipinski definition) is 4. The van der Waals surface area contributed by atoms with E-state index in [0.29, 0.717) is 19.1 Å². The van der Waals surface area contributed by atoms with Crippen molar-refractivity contribution in [3.05, 3.63) is 0 Å². The number of rotatable bonds is 7. The van der Waals surface area contributed by atoms with Crippen LogP contribution in [0.15, 0.2) is 0 Å². The van der Waals surface area contributed by atoms with Crippen LogP contribution in [0.25, 0.3) is 0 Å². The number of hydrogen-bond donors (Lipinski definition) is 2. The molecule has 0 amide bonds. The van der Waals surface area contributed by atoms with Crippen LogP contribution in [0.2, 0.25) is 0 Å². The van der Waals surface area contributed by atoms with Crippen molar-refractivity contribution < 1.29 is 9.84 Å². The number of likely N-dealkylation sites (N-methyl/N-ethyl adjacent to an activating group) is 1. The second kappa shape index (κ2) is 7.26. The number of nitrogens with two attached hydrogens (primary N) is 1. The SMILES string of the molecule is COCC(C)N(C)CC(N)CCO. The number of aliphatic hydroxyl groups excluding tert-OH is 1. The highest BCUT2D eigenvalue weighted by Crippen LogP contribution is 1.98. The largest absolute Gasteiger partial charge is 0.396 e. The van der Waals surface area contributed by atoms with Gasteiger partial charge >= 0.3 is 0 Å². The van der Waals surface area contributed by atoms with E-state index >= 15 is 0 Å². The van der Waals surface area contributed by atoms with Crippen LogP contribution < -0.4 is 5.73 Å². The molecule has 0 aliphatic heterocycles. The zero-order valence-corrected chi connectivity index (χ0v) is 8.86. The molecule has 0 aromatic heterocycles. The van der Waals surface area contributed by atoms with Crippen LogP contribution in [0.4, 0.5) is 0 Å². The molecule has 0 aliphatic rings. The molecule has 4 heteroatoms. The summed E-state index contributed by atoms with van der Waals surface area (Å²) in [5, 5.41) is 8.67. The molecule has 80 valence electrons. The lowest BCUT2D eigenvalue weighted by Gasteiger charge is -2.26. The molecular formula is C9H22N2O2. The number of nitrogens with zero attached hydrogens (tertiary/aromatic N) is 1.